The van der Waals surface area contributed by atoms with Gasteiger partial charge < -0.3 is 14.8 Å². The highest BCUT2D eigenvalue weighted by Crippen LogP contribution is 2.20. The second kappa shape index (κ2) is 8.33. The normalized spacial score (nSPS) is 11.5. The lowest BCUT2D eigenvalue weighted by molar-refractivity contribution is -0.122. The fourth-order valence-electron chi connectivity index (χ4n) is 2.58. The molecule has 0 aliphatic rings. The number of ether oxygens (including phenoxy) is 2. The lowest BCUT2D eigenvalue weighted by atomic mass is 10.1. The van der Waals surface area contributed by atoms with Crippen LogP contribution < -0.4 is 10.1 Å². The first kappa shape index (κ1) is 18.5. The summed E-state index contributed by atoms with van der Waals surface area (Å²) in [6.45, 7) is 5.83. The molecule has 25 heavy (non-hydrogen) atoms. The molecule has 0 heterocycles. The van der Waals surface area contributed by atoms with Crippen molar-refractivity contribution < 1.29 is 19.1 Å². The van der Waals surface area contributed by atoms with Crippen LogP contribution in [-0.4, -0.2) is 25.1 Å². The van der Waals surface area contributed by atoms with Crippen molar-refractivity contribution >= 4 is 17.6 Å². The SMILES string of the molecule is CCC(Oc1cc(C)cc(C)c1)C(=O)Nc1ccccc1C(=O)OC. The van der Waals surface area contributed by atoms with Crippen molar-refractivity contribution in [3.8, 4) is 5.75 Å². The van der Waals surface area contributed by atoms with Crippen LogP contribution in [0, 0.1) is 13.8 Å². The van der Waals surface area contributed by atoms with Gasteiger partial charge in [0.15, 0.2) is 6.10 Å². The zero-order valence-electron chi connectivity index (χ0n) is 15.0. The minimum absolute atomic E-state index is 0.305. The van der Waals surface area contributed by atoms with Crippen LogP contribution in [0.25, 0.3) is 0 Å². The highest BCUT2D eigenvalue weighted by atomic mass is 16.5. The molecule has 0 spiro atoms. The van der Waals surface area contributed by atoms with Gasteiger partial charge in [0.1, 0.15) is 5.75 Å². The van der Waals surface area contributed by atoms with E-state index in [-0.39, 0.29) is 5.91 Å². The van der Waals surface area contributed by atoms with Crippen molar-refractivity contribution in [2.75, 3.05) is 12.4 Å². The Bertz CT molecular complexity index is 750. The van der Waals surface area contributed by atoms with Crippen LogP contribution in [0.1, 0.15) is 34.8 Å². The van der Waals surface area contributed by atoms with Crippen molar-refractivity contribution in [3.63, 3.8) is 0 Å². The molecule has 132 valence electrons. The molecular formula is C20H23NO4. The van der Waals surface area contributed by atoms with Crippen LogP contribution in [0.4, 0.5) is 5.69 Å². The first-order valence-electron chi connectivity index (χ1n) is 8.17. The smallest absolute Gasteiger partial charge is 0.339 e. The molecule has 0 bridgehead atoms. The van der Waals surface area contributed by atoms with E-state index >= 15 is 0 Å². The third kappa shape index (κ3) is 4.83. The minimum Gasteiger partial charge on any atom is -0.481 e. The number of methoxy groups -OCH3 is 1. The highest BCUT2D eigenvalue weighted by Gasteiger charge is 2.21. The molecular weight excluding hydrogens is 318 g/mol. The summed E-state index contributed by atoms with van der Waals surface area (Å²) in [6.07, 6.45) is -0.161. The van der Waals surface area contributed by atoms with Gasteiger partial charge in [0.25, 0.3) is 5.91 Å². The van der Waals surface area contributed by atoms with Crippen molar-refractivity contribution in [2.45, 2.75) is 33.3 Å². The first-order valence-corrected chi connectivity index (χ1v) is 8.17. The number of para-hydroxylation sites is 1. The van der Waals surface area contributed by atoms with Gasteiger partial charge in [-0.05, 0) is 55.7 Å². The number of carbonyl (C=O) groups is 2. The Labute approximate surface area is 148 Å². The monoisotopic (exact) mass is 341 g/mol. The molecule has 0 saturated carbocycles. The topological polar surface area (TPSA) is 64.6 Å². The molecule has 5 heteroatoms. The molecule has 0 saturated heterocycles. The van der Waals surface area contributed by atoms with Crippen LogP contribution in [0.2, 0.25) is 0 Å². The number of hydrogen-bond donors (Lipinski definition) is 1. The van der Waals surface area contributed by atoms with E-state index in [1.807, 2.05) is 39.0 Å². The maximum absolute atomic E-state index is 12.6. The number of nitrogens with one attached hydrogen (secondary N) is 1. The molecule has 0 aromatic heterocycles. The van der Waals surface area contributed by atoms with E-state index in [1.165, 1.54) is 7.11 Å². The van der Waals surface area contributed by atoms with Gasteiger partial charge in [-0.2, -0.15) is 0 Å². The lowest BCUT2D eigenvalue weighted by Crippen LogP contribution is -2.33. The van der Waals surface area contributed by atoms with Crippen molar-refractivity contribution in [3.05, 3.63) is 59.2 Å². The molecule has 0 radical (unpaired) electrons. The molecule has 2 aromatic carbocycles. The molecule has 1 unspecified atom stereocenters. The number of amides is 1. The molecule has 0 fully saturated rings. The Morgan fingerprint density at radius 1 is 1.08 bits per heavy atom. The number of carbonyl (C=O) groups excluding carboxylic acids is 2. The Kier molecular flexibility index (Phi) is 6.17. The molecule has 2 aromatic rings. The number of hydrogen-bond acceptors (Lipinski definition) is 4. The zero-order valence-corrected chi connectivity index (χ0v) is 15.0. The van der Waals surface area contributed by atoms with E-state index in [2.05, 4.69) is 5.32 Å². The van der Waals surface area contributed by atoms with Crippen LogP contribution in [0.3, 0.4) is 0 Å². The van der Waals surface area contributed by atoms with Gasteiger partial charge in [0, 0.05) is 0 Å². The lowest BCUT2D eigenvalue weighted by Gasteiger charge is -2.19. The zero-order chi connectivity index (χ0) is 18.4. The van der Waals surface area contributed by atoms with Gasteiger partial charge in [0.05, 0.1) is 18.4 Å². The van der Waals surface area contributed by atoms with Gasteiger partial charge >= 0.3 is 5.97 Å². The summed E-state index contributed by atoms with van der Waals surface area (Å²) in [5, 5.41) is 2.76. The fraction of sp³-hybridized carbons (Fsp3) is 0.300. The Balaban J connectivity index is 2.17. The van der Waals surface area contributed by atoms with Crippen molar-refractivity contribution in [1.82, 2.24) is 0 Å². The van der Waals surface area contributed by atoms with E-state index in [4.69, 9.17) is 9.47 Å². The van der Waals surface area contributed by atoms with Crippen LogP contribution in [0.5, 0.6) is 5.75 Å². The summed E-state index contributed by atoms with van der Waals surface area (Å²) in [7, 11) is 1.30. The summed E-state index contributed by atoms with van der Waals surface area (Å²) < 4.78 is 10.6. The predicted molar refractivity (Wildman–Crippen MR) is 97.0 cm³/mol. The molecule has 1 amide bonds. The van der Waals surface area contributed by atoms with E-state index in [0.717, 1.165) is 11.1 Å². The summed E-state index contributed by atoms with van der Waals surface area (Å²) in [4.78, 5) is 24.4. The average molecular weight is 341 g/mol. The van der Waals surface area contributed by atoms with Gasteiger partial charge in [-0.25, -0.2) is 4.79 Å². The van der Waals surface area contributed by atoms with E-state index < -0.39 is 12.1 Å². The predicted octanol–water partition coefficient (Wildman–Crippen LogP) is 3.89. The summed E-state index contributed by atoms with van der Waals surface area (Å²) in [5.74, 6) is -0.155. The summed E-state index contributed by atoms with van der Waals surface area (Å²) in [5.41, 5.74) is 2.85. The average Bonchev–Trinajstić information content (AvgIpc) is 2.58. The quantitative estimate of drug-likeness (QED) is 0.810. The van der Waals surface area contributed by atoms with Gasteiger partial charge in [0.2, 0.25) is 0 Å². The molecule has 2 rings (SSSR count). The number of anilines is 1. The Morgan fingerprint density at radius 2 is 1.72 bits per heavy atom. The number of aryl methyl sites for hydroxylation is 2. The molecule has 0 aliphatic heterocycles. The molecule has 5 nitrogen and oxygen atoms in total. The molecule has 1 atom stereocenters. The van der Waals surface area contributed by atoms with Crippen LogP contribution >= 0.6 is 0 Å². The largest absolute Gasteiger partial charge is 0.481 e. The first-order chi connectivity index (χ1) is 11.9. The minimum atomic E-state index is -0.660. The summed E-state index contributed by atoms with van der Waals surface area (Å²) >= 11 is 0. The van der Waals surface area contributed by atoms with E-state index in [1.54, 1.807) is 24.3 Å². The fourth-order valence-corrected chi connectivity index (χ4v) is 2.58. The van der Waals surface area contributed by atoms with E-state index in [0.29, 0.717) is 23.4 Å². The Morgan fingerprint density at radius 3 is 2.32 bits per heavy atom. The Hall–Kier alpha value is -2.82. The summed E-state index contributed by atoms with van der Waals surface area (Å²) in [6, 6.07) is 12.6. The third-order valence-corrected chi connectivity index (χ3v) is 3.73. The van der Waals surface area contributed by atoms with Gasteiger partial charge in [-0.3, -0.25) is 4.79 Å². The van der Waals surface area contributed by atoms with Crippen LogP contribution in [0.15, 0.2) is 42.5 Å². The van der Waals surface area contributed by atoms with Crippen LogP contribution in [-0.2, 0) is 9.53 Å². The third-order valence-electron chi connectivity index (χ3n) is 3.73. The second-order valence-corrected chi connectivity index (χ2v) is 5.86. The van der Waals surface area contributed by atoms with Gasteiger partial charge in [-0.15, -0.1) is 0 Å². The maximum atomic E-state index is 12.6. The molecule has 1 N–H and O–H groups in total. The second-order valence-electron chi connectivity index (χ2n) is 5.86. The van der Waals surface area contributed by atoms with Crippen molar-refractivity contribution in [1.29, 1.82) is 0 Å². The number of benzene rings is 2. The van der Waals surface area contributed by atoms with Crippen molar-refractivity contribution in [2.24, 2.45) is 0 Å². The van der Waals surface area contributed by atoms with Gasteiger partial charge in [-0.1, -0.05) is 25.1 Å². The standard InChI is InChI=1S/C20H23NO4/c1-5-18(25-15-11-13(2)10-14(3)12-15)19(22)21-17-9-7-6-8-16(17)20(23)24-4/h6-12,18H,5H2,1-4H3,(H,21,22). The molecule has 0 aliphatic carbocycles. The highest BCUT2D eigenvalue weighted by molar-refractivity contribution is 6.02. The van der Waals surface area contributed by atoms with E-state index in [9.17, 15) is 9.59 Å². The maximum Gasteiger partial charge on any atom is 0.339 e. The number of esters is 1. The number of rotatable bonds is 6.